The molecule has 0 saturated heterocycles. The Morgan fingerprint density at radius 3 is 2.23 bits per heavy atom. The number of halogens is 1. The molecular weight excluding hydrogens is 480 g/mol. The molecule has 0 unspecified atom stereocenters. The van der Waals surface area contributed by atoms with Gasteiger partial charge in [0, 0.05) is 35.0 Å². The SMILES string of the molecule is CCOCN1CCN=C(c2ccccc2)c2cc(Cl)ccc21.O=C(O)CC(O)(CC(=O)O)C(=O)O. The lowest BCUT2D eigenvalue weighted by atomic mass is 9.96. The van der Waals surface area contributed by atoms with E-state index in [1.54, 1.807) is 0 Å². The van der Waals surface area contributed by atoms with Gasteiger partial charge in [-0.05, 0) is 25.1 Å². The number of carboxylic acids is 3. The fraction of sp³-hybridized carbons (Fsp3) is 0.333. The Morgan fingerprint density at radius 1 is 1.06 bits per heavy atom. The Bertz CT molecular complexity index is 1060. The lowest BCUT2D eigenvalue weighted by molar-refractivity contribution is -0.170. The Hall–Kier alpha value is -3.47. The summed E-state index contributed by atoms with van der Waals surface area (Å²) in [5.41, 5.74) is 1.56. The third kappa shape index (κ3) is 8.06. The molecule has 188 valence electrons. The first-order valence-electron chi connectivity index (χ1n) is 10.7. The highest BCUT2D eigenvalue weighted by molar-refractivity contribution is 6.31. The number of aliphatic hydroxyl groups is 1. The van der Waals surface area contributed by atoms with Crippen LogP contribution >= 0.6 is 11.6 Å². The number of carbonyl (C=O) groups is 3. The number of anilines is 1. The fourth-order valence-electron chi connectivity index (χ4n) is 3.35. The molecule has 4 N–H and O–H groups in total. The van der Waals surface area contributed by atoms with Crippen molar-refractivity contribution in [3.05, 3.63) is 64.7 Å². The minimum atomic E-state index is -2.74. The van der Waals surface area contributed by atoms with E-state index in [0.29, 0.717) is 13.3 Å². The van der Waals surface area contributed by atoms with Crippen molar-refractivity contribution in [3.63, 3.8) is 0 Å². The van der Waals surface area contributed by atoms with Crippen LogP contribution in [0, 0.1) is 0 Å². The van der Waals surface area contributed by atoms with Crippen LogP contribution in [0.2, 0.25) is 5.02 Å². The predicted molar refractivity (Wildman–Crippen MR) is 129 cm³/mol. The maximum atomic E-state index is 10.3. The van der Waals surface area contributed by atoms with Gasteiger partial charge < -0.3 is 30.1 Å². The van der Waals surface area contributed by atoms with Gasteiger partial charge in [0.15, 0.2) is 5.60 Å². The van der Waals surface area contributed by atoms with Crippen LogP contribution in [0.15, 0.2) is 53.5 Å². The number of aliphatic imine (C=N–C) groups is 1. The summed E-state index contributed by atoms with van der Waals surface area (Å²) in [5, 5.41) is 34.5. The predicted octanol–water partition coefficient (Wildman–Crippen LogP) is 2.74. The zero-order chi connectivity index (χ0) is 26.0. The van der Waals surface area contributed by atoms with Crippen LogP contribution in [-0.2, 0) is 19.1 Å². The number of hydrogen-bond donors (Lipinski definition) is 4. The summed E-state index contributed by atoms with van der Waals surface area (Å²) in [6.45, 7) is 4.86. The summed E-state index contributed by atoms with van der Waals surface area (Å²) in [7, 11) is 0. The molecule has 2 aromatic carbocycles. The third-order valence-corrected chi connectivity index (χ3v) is 5.21. The van der Waals surface area contributed by atoms with Crippen molar-refractivity contribution in [3.8, 4) is 0 Å². The quantitative estimate of drug-likeness (QED) is 0.401. The van der Waals surface area contributed by atoms with Crippen LogP contribution < -0.4 is 4.90 Å². The zero-order valence-electron chi connectivity index (χ0n) is 19.1. The summed E-state index contributed by atoms with van der Waals surface area (Å²) in [4.78, 5) is 37.5. The van der Waals surface area contributed by atoms with Gasteiger partial charge in [-0.25, -0.2) is 4.79 Å². The number of carboxylic acid groups (broad SMARTS) is 3. The van der Waals surface area contributed by atoms with E-state index in [-0.39, 0.29) is 0 Å². The Morgan fingerprint density at radius 2 is 1.69 bits per heavy atom. The number of hydrogen-bond acceptors (Lipinski definition) is 7. The van der Waals surface area contributed by atoms with Crippen molar-refractivity contribution in [2.75, 3.05) is 31.3 Å². The van der Waals surface area contributed by atoms with E-state index in [2.05, 4.69) is 23.1 Å². The monoisotopic (exact) mass is 506 g/mol. The first kappa shape index (κ1) is 27.8. The van der Waals surface area contributed by atoms with E-state index in [9.17, 15) is 14.4 Å². The average molecular weight is 507 g/mol. The molecule has 11 heteroatoms. The van der Waals surface area contributed by atoms with Gasteiger partial charge in [0.25, 0.3) is 0 Å². The van der Waals surface area contributed by atoms with Crippen molar-refractivity contribution in [2.45, 2.75) is 25.4 Å². The van der Waals surface area contributed by atoms with E-state index in [4.69, 9.17) is 41.8 Å². The Kier molecular flexibility index (Phi) is 10.2. The number of nitrogens with zero attached hydrogens (tertiary/aromatic N) is 2. The standard InChI is InChI=1S/C18H19ClN2O.C6H8O7/c1-2-22-13-21-11-10-20-18(14-6-4-3-5-7-14)16-12-15(19)8-9-17(16)21;7-3(8)1-6(13,5(11)12)2-4(9)10/h3-9,12H,2,10-11,13H2,1H3;13H,1-2H2,(H,7,8)(H,9,10)(H,11,12). The molecule has 0 bridgehead atoms. The molecule has 35 heavy (non-hydrogen) atoms. The number of benzene rings is 2. The molecule has 0 fully saturated rings. The number of aliphatic carboxylic acids is 3. The fourth-order valence-corrected chi connectivity index (χ4v) is 3.53. The molecule has 1 heterocycles. The molecule has 0 aliphatic carbocycles. The Labute approximate surface area is 207 Å². The molecule has 1 aliphatic heterocycles. The molecule has 0 radical (unpaired) electrons. The number of benzodiazepines with no additional fused rings is 1. The molecule has 0 aromatic heterocycles. The van der Waals surface area contributed by atoms with Crippen LogP contribution in [0.25, 0.3) is 0 Å². The molecule has 1 aliphatic rings. The normalized spacial score (nSPS) is 13.0. The molecular formula is C24H27ClN2O8. The minimum Gasteiger partial charge on any atom is -0.481 e. The van der Waals surface area contributed by atoms with Gasteiger partial charge in [-0.15, -0.1) is 0 Å². The molecule has 0 amide bonds. The van der Waals surface area contributed by atoms with Gasteiger partial charge in [-0.2, -0.15) is 0 Å². The van der Waals surface area contributed by atoms with Gasteiger partial charge >= 0.3 is 17.9 Å². The van der Waals surface area contributed by atoms with Crippen molar-refractivity contribution in [1.82, 2.24) is 0 Å². The van der Waals surface area contributed by atoms with Gasteiger partial charge in [0.1, 0.15) is 6.73 Å². The number of rotatable bonds is 9. The second kappa shape index (κ2) is 12.8. The van der Waals surface area contributed by atoms with Crippen LogP contribution in [0.3, 0.4) is 0 Å². The van der Waals surface area contributed by atoms with Crippen molar-refractivity contribution in [1.29, 1.82) is 0 Å². The average Bonchev–Trinajstić information content (AvgIpc) is 2.96. The highest BCUT2D eigenvalue weighted by atomic mass is 35.5. The molecule has 3 rings (SSSR count). The zero-order valence-corrected chi connectivity index (χ0v) is 19.8. The minimum absolute atomic E-state index is 0.572. The molecule has 0 saturated carbocycles. The van der Waals surface area contributed by atoms with Crippen LogP contribution in [0.1, 0.15) is 30.9 Å². The summed E-state index contributed by atoms with van der Waals surface area (Å²) in [5.74, 6) is -5.02. The first-order chi connectivity index (χ1) is 16.6. The maximum absolute atomic E-state index is 10.3. The van der Waals surface area contributed by atoms with Gasteiger partial charge in [-0.1, -0.05) is 41.9 Å². The van der Waals surface area contributed by atoms with E-state index in [1.165, 1.54) is 0 Å². The lowest BCUT2D eigenvalue weighted by Crippen LogP contribution is -2.42. The van der Waals surface area contributed by atoms with E-state index >= 15 is 0 Å². The molecule has 10 nitrogen and oxygen atoms in total. The van der Waals surface area contributed by atoms with Crippen molar-refractivity contribution in [2.24, 2.45) is 4.99 Å². The summed E-state index contributed by atoms with van der Waals surface area (Å²) in [6, 6.07) is 16.2. The highest BCUT2D eigenvalue weighted by Crippen LogP contribution is 2.29. The largest absolute Gasteiger partial charge is 0.481 e. The first-order valence-corrected chi connectivity index (χ1v) is 11.1. The van der Waals surface area contributed by atoms with Gasteiger partial charge in [-0.3, -0.25) is 14.6 Å². The molecule has 0 atom stereocenters. The summed E-state index contributed by atoms with van der Waals surface area (Å²) < 4.78 is 5.60. The van der Waals surface area contributed by atoms with E-state index < -0.39 is 36.4 Å². The smallest absolute Gasteiger partial charge is 0.336 e. The lowest BCUT2D eigenvalue weighted by Gasteiger charge is -2.24. The van der Waals surface area contributed by atoms with Gasteiger partial charge in [0.05, 0.1) is 25.1 Å². The second-order valence-electron chi connectivity index (χ2n) is 7.62. The van der Waals surface area contributed by atoms with Gasteiger partial charge in [0.2, 0.25) is 0 Å². The third-order valence-electron chi connectivity index (χ3n) is 4.98. The topological polar surface area (TPSA) is 157 Å². The molecule has 2 aromatic rings. The van der Waals surface area contributed by atoms with Crippen molar-refractivity contribution >= 4 is 40.9 Å². The van der Waals surface area contributed by atoms with Crippen LogP contribution in [-0.4, -0.2) is 76.1 Å². The summed E-state index contributed by atoms with van der Waals surface area (Å²) in [6.07, 6.45) is -2.29. The molecule has 0 spiro atoms. The van der Waals surface area contributed by atoms with Crippen LogP contribution in [0.5, 0.6) is 0 Å². The number of ether oxygens (including phenoxy) is 1. The Balaban J connectivity index is 0.000000287. The van der Waals surface area contributed by atoms with E-state index in [1.807, 2.05) is 37.3 Å². The maximum Gasteiger partial charge on any atom is 0.336 e. The highest BCUT2D eigenvalue weighted by Gasteiger charge is 2.40. The van der Waals surface area contributed by atoms with E-state index in [0.717, 1.165) is 40.6 Å². The van der Waals surface area contributed by atoms with Crippen molar-refractivity contribution < 1.29 is 39.5 Å². The van der Waals surface area contributed by atoms with Crippen LogP contribution in [0.4, 0.5) is 5.69 Å². The number of fused-ring (bicyclic) bond motifs is 1. The second-order valence-corrected chi connectivity index (χ2v) is 8.06. The summed E-state index contributed by atoms with van der Waals surface area (Å²) >= 11 is 6.23.